The van der Waals surface area contributed by atoms with Crippen molar-refractivity contribution in [3.05, 3.63) is 86.0 Å². The van der Waals surface area contributed by atoms with Crippen LogP contribution in [0.5, 0.6) is 0 Å². The number of imidazole rings is 1. The van der Waals surface area contributed by atoms with Crippen molar-refractivity contribution in [3.8, 4) is 11.1 Å². The van der Waals surface area contributed by atoms with Crippen molar-refractivity contribution in [2.45, 2.75) is 0 Å². The highest BCUT2D eigenvalue weighted by atomic mass is 19.1. The van der Waals surface area contributed by atoms with Gasteiger partial charge in [0.2, 0.25) is 11.9 Å². The Hall–Kier alpha value is -5.06. The number of halogens is 1. The number of benzene rings is 1. The van der Waals surface area contributed by atoms with Crippen LogP contribution in [0.3, 0.4) is 0 Å². The summed E-state index contributed by atoms with van der Waals surface area (Å²) >= 11 is 0. The van der Waals surface area contributed by atoms with Gasteiger partial charge in [-0.1, -0.05) is 6.58 Å². The predicted molar refractivity (Wildman–Crippen MR) is 131 cm³/mol. The Morgan fingerprint density at radius 3 is 2.77 bits per heavy atom. The largest absolute Gasteiger partial charge is 0.337 e. The average molecular weight is 469 g/mol. The summed E-state index contributed by atoms with van der Waals surface area (Å²) in [5.41, 5.74) is 3.39. The summed E-state index contributed by atoms with van der Waals surface area (Å²) in [6.07, 6.45) is 11.6. The van der Waals surface area contributed by atoms with E-state index in [1.54, 1.807) is 36.5 Å². The monoisotopic (exact) mass is 469 g/mol. The van der Waals surface area contributed by atoms with E-state index in [1.165, 1.54) is 18.2 Å². The number of hydrogen-bond acceptors (Lipinski definition) is 7. The normalized spacial score (nSPS) is 10.8. The van der Waals surface area contributed by atoms with Gasteiger partial charge in [-0.3, -0.25) is 9.48 Å². The van der Waals surface area contributed by atoms with Crippen molar-refractivity contribution in [2.24, 2.45) is 7.05 Å². The summed E-state index contributed by atoms with van der Waals surface area (Å²) in [6.45, 7) is 3.43. The summed E-state index contributed by atoms with van der Waals surface area (Å²) in [4.78, 5) is 25.0. The molecular weight excluding hydrogens is 449 g/mol. The fourth-order valence-corrected chi connectivity index (χ4v) is 3.46. The van der Waals surface area contributed by atoms with Crippen LogP contribution in [0.4, 0.5) is 33.2 Å². The second-order valence-corrected chi connectivity index (χ2v) is 7.60. The molecule has 0 aliphatic carbocycles. The molecule has 0 unspecified atom stereocenters. The Kier molecular flexibility index (Phi) is 5.63. The lowest BCUT2D eigenvalue weighted by Gasteiger charge is -2.14. The molecule has 11 heteroatoms. The molecule has 0 saturated carbocycles. The summed E-state index contributed by atoms with van der Waals surface area (Å²) in [6, 6.07) is 7.98. The van der Waals surface area contributed by atoms with Gasteiger partial charge >= 0.3 is 0 Å². The lowest BCUT2D eigenvalue weighted by atomic mass is 10.1. The molecule has 4 heterocycles. The molecule has 0 aliphatic heterocycles. The minimum absolute atomic E-state index is 0.126. The van der Waals surface area contributed by atoms with E-state index in [-0.39, 0.29) is 5.69 Å². The number of aromatic nitrogens is 6. The maximum absolute atomic E-state index is 14.7. The molecule has 0 bridgehead atoms. The standard InChI is InChI=1S/C24H20FN9O/c1-3-22(35)29-16-4-5-19(25)20(11-16)31-23-18(15-6-8-34-9-7-26-21(34)10-15)13-27-24(32-23)30-17-12-28-33(2)14-17/h3-14H,1H2,2H3,(H,29,35)(H2,27,30,31,32). The topological polar surface area (TPSA) is 114 Å². The van der Waals surface area contributed by atoms with E-state index >= 15 is 0 Å². The minimum Gasteiger partial charge on any atom is -0.337 e. The number of carbonyl (C=O) groups is 1. The molecule has 0 radical (unpaired) electrons. The van der Waals surface area contributed by atoms with Crippen LogP contribution < -0.4 is 16.0 Å². The van der Waals surface area contributed by atoms with Crippen LogP contribution in [0.2, 0.25) is 0 Å². The van der Waals surface area contributed by atoms with E-state index in [0.29, 0.717) is 28.7 Å². The quantitative estimate of drug-likeness (QED) is 0.305. The number of carbonyl (C=O) groups excluding carboxylic acids is 1. The van der Waals surface area contributed by atoms with Crippen LogP contribution in [0, 0.1) is 5.82 Å². The number of nitrogens with zero attached hydrogens (tertiary/aromatic N) is 6. The van der Waals surface area contributed by atoms with Crippen molar-refractivity contribution in [1.82, 2.24) is 29.1 Å². The van der Waals surface area contributed by atoms with Crippen molar-refractivity contribution in [2.75, 3.05) is 16.0 Å². The molecule has 174 valence electrons. The summed E-state index contributed by atoms with van der Waals surface area (Å²) in [5.74, 6) is -0.270. The number of nitrogens with one attached hydrogen (secondary N) is 3. The Balaban J connectivity index is 1.56. The molecule has 3 N–H and O–H groups in total. The van der Waals surface area contributed by atoms with Gasteiger partial charge in [0.1, 0.15) is 17.3 Å². The SMILES string of the molecule is C=CC(=O)Nc1ccc(F)c(Nc2nc(Nc3cnn(C)c3)ncc2-c2ccn3ccnc3c2)c1. The number of amides is 1. The van der Waals surface area contributed by atoms with Crippen LogP contribution in [-0.4, -0.2) is 35.0 Å². The van der Waals surface area contributed by atoms with Gasteiger partial charge in [-0.2, -0.15) is 10.1 Å². The highest BCUT2D eigenvalue weighted by Crippen LogP contribution is 2.32. The van der Waals surface area contributed by atoms with Gasteiger partial charge in [0.15, 0.2) is 0 Å². The Bertz CT molecular complexity index is 1560. The summed E-state index contributed by atoms with van der Waals surface area (Å²) < 4.78 is 18.3. The lowest BCUT2D eigenvalue weighted by Crippen LogP contribution is -2.08. The van der Waals surface area contributed by atoms with Crippen LogP contribution in [-0.2, 0) is 11.8 Å². The maximum Gasteiger partial charge on any atom is 0.247 e. The Labute approximate surface area is 199 Å². The van der Waals surface area contributed by atoms with Crippen LogP contribution in [0.25, 0.3) is 16.8 Å². The Morgan fingerprint density at radius 1 is 1.09 bits per heavy atom. The number of fused-ring (bicyclic) bond motifs is 1. The van der Waals surface area contributed by atoms with Gasteiger partial charge in [0.05, 0.1) is 17.6 Å². The van der Waals surface area contributed by atoms with Gasteiger partial charge < -0.3 is 20.4 Å². The first-order valence-electron chi connectivity index (χ1n) is 10.5. The fourth-order valence-electron chi connectivity index (χ4n) is 3.46. The first-order chi connectivity index (χ1) is 17.0. The second-order valence-electron chi connectivity index (χ2n) is 7.60. The van der Waals surface area contributed by atoms with Gasteiger partial charge in [-0.05, 0) is 42.0 Å². The summed E-state index contributed by atoms with van der Waals surface area (Å²) in [7, 11) is 1.80. The molecule has 4 aromatic heterocycles. The van der Waals surface area contributed by atoms with Crippen LogP contribution in [0.15, 0.2) is 80.2 Å². The summed E-state index contributed by atoms with van der Waals surface area (Å²) in [5, 5.41) is 12.9. The molecule has 5 aromatic rings. The molecule has 35 heavy (non-hydrogen) atoms. The predicted octanol–water partition coefficient (Wildman–Crippen LogP) is 4.28. The zero-order valence-electron chi connectivity index (χ0n) is 18.6. The number of aryl methyl sites for hydroxylation is 1. The van der Waals surface area contributed by atoms with Crippen molar-refractivity contribution in [1.29, 1.82) is 0 Å². The van der Waals surface area contributed by atoms with E-state index < -0.39 is 11.7 Å². The fraction of sp³-hybridized carbons (Fsp3) is 0.0417. The van der Waals surface area contributed by atoms with Gasteiger partial charge in [-0.15, -0.1) is 0 Å². The average Bonchev–Trinajstić information content (AvgIpc) is 3.49. The van der Waals surface area contributed by atoms with E-state index in [1.807, 2.05) is 28.9 Å². The smallest absolute Gasteiger partial charge is 0.247 e. The molecule has 0 aliphatic rings. The highest BCUT2D eigenvalue weighted by Gasteiger charge is 2.14. The van der Waals surface area contributed by atoms with E-state index in [9.17, 15) is 9.18 Å². The maximum atomic E-state index is 14.7. The van der Waals surface area contributed by atoms with Gasteiger partial charge in [0, 0.05) is 49.3 Å². The third kappa shape index (κ3) is 4.69. The first-order valence-corrected chi connectivity index (χ1v) is 10.5. The number of anilines is 5. The van der Waals surface area contributed by atoms with E-state index in [2.05, 4.69) is 42.6 Å². The number of rotatable bonds is 7. The molecule has 1 aromatic carbocycles. The molecule has 0 spiro atoms. The van der Waals surface area contributed by atoms with Crippen molar-refractivity contribution in [3.63, 3.8) is 0 Å². The molecule has 5 rings (SSSR count). The Morgan fingerprint density at radius 2 is 1.97 bits per heavy atom. The molecule has 0 saturated heterocycles. The molecule has 10 nitrogen and oxygen atoms in total. The minimum atomic E-state index is -0.517. The highest BCUT2D eigenvalue weighted by molar-refractivity contribution is 5.99. The number of pyridine rings is 1. The van der Waals surface area contributed by atoms with Gasteiger partial charge in [0.25, 0.3) is 0 Å². The van der Waals surface area contributed by atoms with Crippen LogP contribution >= 0.6 is 0 Å². The zero-order chi connectivity index (χ0) is 24.4. The van der Waals surface area contributed by atoms with Crippen LogP contribution in [0.1, 0.15) is 0 Å². The lowest BCUT2D eigenvalue weighted by molar-refractivity contribution is -0.111. The number of hydrogen-bond donors (Lipinski definition) is 3. The first kappa shape index (κ1) is 21.8. The third-order valence-electron chi connectivity index (χ3n) is 5.13. The van der Waals surface area contributed by atoms with Gasteiger partial charge in [-0.25, -0.2) is 14.4 Å². The molecule has 0 fully saturated rings. The zero-order valence-corrected chi connectivity index (χ0v) is 18.6. The van der Waals surface area contributed by atoms with E-state index in [0.717, 1.165) is 17.3 Å². The second kappa shape index (κ2) is 9.06. The molecule has 1 amide bonds. The third-order valence-corrected chi connectivity index (χ3v) is 5.13. The van der Waals surface area contributed by atoms with Crippen molar-refractivity contribution < 1.29 is 9.18 Å². The van der Waals surface area contributed by atoms with Crippen molar-refractivity contribution >= 4 is 40.4 Å². The molecule has 0 atom stereocenters. The van der Waals surface area contributed by atoms with E-state index in [4.69, 9.17) is 0 Å². The molecular formula is C24H20FN9O.